The highest BCUT2D eigenvalue weighted by Gasteiger charge is 2.33. The lowest BCUT2D eigenvalue weighted by atomic mass is 10.2. The number of hydrogen-bond acceptors (Lipinski definition) is 4. The third kappa shape index (κ3) is 8.50. The second kappa shape index (κ2) is 11.0. The van der Waals surface area contributed by atoms with Crippen LogP contribution in [0, 0.1) is 0 Å². The second-order valence-corrected chi connectivity index (χ2v) is 6.63. The fraction of sp³-hybridized carbons (Fsp3) is 0.688. The molecule has 0 spiro atoms. The molecular formula is C16H26F3N5OS. The molecule has 0 radical (unpaired) electrons. The Morgan fingerprint density at radius 1 is 1.35 bits per heavy atom. The number of aliphatic imine (C=N–C) groups is 1. The van der Waals surface area contributed by atoms with Crippen LogP contribution in [0.2, 0.25) is 0 Å². The van der Waals surface area contributed by atoms with Crippen molar-refractivity contribution < 1.29 is 18.0 Å². The molecule has 1 aromatic heterocycles. The summed E-state index contributed by atoms with van der Waals surface area (Å²) in [4.78, 5) is 19.6. The molecule has 1 heterocycles. The molecule has 0 aromatic carbocycles. The Morgan fingerprint density at radius 3 is 2.65 bits per heavy atom. The van der Waals surface area contributed by atoms with E-state index in [2.05, 4.69) is 25.9 Å². The highest BCUT2D eigenvalue weighted by Crippen LogP contribution is 2.30. The maximum atomic E-state index is 12.5. The van der Waals surface area contributed by atoms with Gasteiger partial charge in [-0.3, -0.25) is 9.79 Å². The Morgan fingerprint density at radius 2 is 2.08 bits per heavy atom. The van der Waals surface area contributed by atoms with E-state index in [0.29, 0.717) is 43.4 Å². The minimum absolute atomic E-state index is 0.0369. The van der Waals surface area contributed by atoms with Gasteiger partial charge in [0.25, 0.3) is 0 Å². The Bertz CT molecular complexity index is 589. The fourth-order valence-electron chi connectivity index (χ4n) is 1.90. The summed E-state index contributed by atoms with van der Waals surface area (Å²) in [6.45, 7) is 7.21. The quantitative estimate of drug-likeness (QED) is 0.445. The zero-order chi connectivity index (χ0) is 19.6. The van der Waals surface area contributed by atoms with Crippen molar-refractivity contribution in [1.82, 2.24) is 20.9 Å². The molecular weight excluding hydrogens is 367 g/mol. The van der Waals surface area contributed by atoms with Crippen LogP contribution in [-0.4, -0.2) is 42.5 Å². The van der Waals surface area contributed by atoms with Crippen LogP contribution in [0.4, 0.5) is 13.2 Å². The number of halogens is 3. The van der Waals surface area contributed by atoms with Gasteiger partial charge in [0.2, 0.25) is 5.91 Å². The summed E-state index contributed by atoms with van der Waals surface area (Å²) in [5.41, 5.74) is -0.862. The number of carbonyl (C=O) groups excluding carboxylic acids is 1. The molecule has 1 amide bonds. The summed E-state index contributed by atoms with van der Waals surface area (Å²) in [5, 5.41) is 10.4. The van der Waals surface area contributed by atoms with Crippen molar-refractivity contribution in [2.75, 3.05) is 19.6 Å². The van der Waals surface area contributed by atoms with Gasteiger partial charge in [0, 0.05) is 43.9 Å². The summed E-state index contributed by atoms with van der Waals surface area (Å²) in [6, 6.07) is 0.143. The average Bonchev–Trinajstić information content (AvgIpc) is 3.04. The monoisotopic (exact) mass is 393 g/mol. The topological polar surface area (TPSA) is 78.4 Å². The Balaban J connectivity index is 2.43. The zero-order valence-electron chi connectivity index (χ0n) is 15.2. The molecule has 0 saturated carbocycles. The van der Waals surface area contributed by atoms with Crippen LogP contribution >= 0.6 is 11.3 Å². The van der Waals surface area contributed by atoms with Gasteiger partial charge < -0.3 is 16.0 Å². The van der Waals surface area contributed by atoms with Crippen molar-refractivity contribution in [3.8, 4) is 0 Å². The number of nitrogens with one attached hydrogen (secondary N) is 3. The molecule has 0 fully saturated rings. The van der Waals surface area contributed by atoms with Crippen LogP contribution in [0.25, 0.3) is 0 Å². The summed E-state index contributed by atoms with van der Waals surface area (Å²) in [6.07, 6.45) is -2.90. The van der Waals surface area contributed by atoms with E-state index < -0.39 is 11.9 Å². The Labute approximate surface area is 155 Å². The van der Waals surface area contributed by atoms with Crippen LogP contribution in [0.5, 0.6) is 0 Å². The molecule has 3 N–H and O–H groups in total. The van der Waals surface area contributed by atoms with Gasteiger partial charge in [-0.15, -0.1) is 11.3 Å². The molecule has 1 aromatic rings. The van der Waals surface area contributed by atoms with Gasteiger partial charge in [0.15, 0.2) is 11.7 Å². The molecule has 0 saturated heterocycles. The Kier molecular flexibility index (Phi) is 9.39. The highest BCUT2D eigenvalue weighted by molar-refractivity contribution is 7.09. The first-order chi connectivity index (χ1) is 12.3. The van der Waals surface area contributed by atoms with Crippen molar-refractivity contribution in [1.29, 1.82) is 0 Å². The third-order valence-corrected chi connectivity index (χ3v) is 4.35. The summed E-state index contributed by atoms with van der Waals surface area (Å²) < 4.78 is 37.6. The van der Waals surface area contributed by atoms with Crippen LogP contribution < -0.4 is 16.0 Å². The van der Waals surface area contributed by atoms with E-state index >= 15 is 0 Å². The molecule has 10 heteroatoms. The summed E-state index contributed by atoms with van der Waals surface area (Å²) in [5.74, 6) is 0.488. The van der Waals surface area contributed by atoms with E-state index in [0.717, 1.165) is 23.1 Å². The largest absolute Gasteiger partial charge is 0.434 e. The number of alkyl halides is 3. The normalized spacial score (nSPS) is 13.4. The van der Waals surface area contributed by atoms with Crippen LogP contribution in [0.3, 0.4) is 0 Å². The van der Waals surface area contributed by atoms with Crippen LogP contribution in [0.15, 0.2) is 10.4 Å². The van der Waals surface area contributed by atoms with Crippen LogP contribution in [-0.2, 0) is 17.4 Å². The van der Waals surface area contributed by atoms with Crippen molar-refractivity contribution in [3.05, 3.63) is 16.1 Å². The van der Waals surface area contributed by atoms with E-state index in [9.17, 15) is 18.0 Å². The van der Waals surface area contributed by atoms with Gasteiger partial charge >= 0.3 is 6.18 Å². The smallest absolute Gasteiger partial charge is 0.357 e. The first-order valence-corrected chi connectivity index (χ1v) is 9.47. The SMILES string of the molecule is CCNC(=NCCc1nc(C(F)(F)F)cs1)NCCC(=O)NC(C)CC. The number of hydrogen-bond donors (Lipinski definition) is 3. The maximum Gasteiger partial charge on any atom is 0.434 e. The van der Waals surface area contributed by atoms with E-state index in [1.807, 2.05) is 20.8 Å². The molecule has 1 atom stereocenters. The molecule has 0 aliphatic heterocycles. The van der Waals surface area contributed by atoms with Gasteiger partial charge in [-0.1, -0.05) is 6.92 Å². The third-order valence-electron chi connectivity index (χ3n) is 3.45. The minimum Gasteiger partial charge on any atom is -0.357 e. The number of aromatic nitrogens is 1. The zero-order valence-corrected chi connectivity index (χ0v) is 16.1. The number of guanidine groups is 1. The number of rotatable bonds is 9. The summed E-state index contributed by atoms with van der Waals surface area (Å²) in [7, 11) is 0. The fourth-order valence-corrected chi connectivity index (χ4v) is 2.70. The molecule has 0 bridgehead atoms. The summed E-state index contributed by atoms with van der Waals surface area (Å²) >= 11 is 0.977. The van der Waals surface area contributed by atoms with Crippen molar-refractivity contribution in [3.63, 3.8) is 0 Å². The van der Waals surface area contributed by atoms with E-state index in [1.165, 1.54) is 0 Å². The van der Waals surface area contributed by atoms with E-state index in [-0.39, 0.29) is 11.9 Å². The predicted octanol–water partition coefficient (Wildman–Crippen LogP) is 2.56. The van der Waals surface area contributed by atoms with Gasteiger partial charge in [-0.2, -0.15) is 13.2 Å². The average molecular weight is 393 g/mol. The van der Waals surface area contributed by atoms with Gasteiger partial charge in [-0.25, -0.2) is 4.98 Å². The Hall–Kier alpha value is -1.84. The van der Waals surface area contributed by atoms with Crippen LogP contribution in [0.1, 0.15) is 44.3 Å². The van der Waals surface area contributed by atoms with Crippen molar-refractivity contribution >= 4 is 23.2 Å². The first-order valence-electron chi connectivity index (χ1n) is 8.59. The first kappa shape index (κ1) is 22.2. The van der Waals surface area contributed by atoms with Crippen molar-refractivity contribution in [2.24, 2.45) is 4.99 Å². The molecule has 148 valence electrons. The minimum atomic E-state index is -4.41. The highest BCUT2D eigenvalue weighted by atomic mass is 32.1. The van der Waals surface area contributed by atoms with Gasteiger partial charge in [-0.05, 0) is 20.3 Å². The standard InChI is InChI=1S/C16H26F3N5OS/c1-4-11(3)23-13(25)6-8-21-15(20-5-2)22-9-7-14-24-12(10-26-14)16(17,18)19/h10-11H,4-9H2,1-3H3,(H,23,25)(H2,20,21,22). The molecule has 0 aliphatic rings. The lowest BCUT2D eigenvalue weighted by Crippen LogP contribution is -2.40. The number of thiazole rings is 1. The van der Waals surface area contributed by atoms with E-state index in [1.54, 1.807) is 0 Å². The molecule has 1 unspecified atom stereocenters. The maximum absolute atomic E-state index is 12.5. The second-order valence-electron chi connectivity index (χ2n) is 5.69. The molecule has 26 heavy (non-hydrogen) atoms. The predicted molar refractivity (Wildman–Crippen MR) is 97.3 cm³/mol. The molecule has 1 rings (SSSR count). The van der Waals surface area contributed by atoms with Gasteiger partial charge in [0.1, 0.15) is 0 Å². The van der Waals surface area contributed by atoms with Gasteiger partial charge in [0.05, 0.1) is 5.01 Å². The number of carbonyl (C=O) groups is 1. The lowest BCUT2D eigenvalue weighted by molar-refractivity contribution is -0.140. The lowest BCUT2D eigenvalue weighted by Gasteiger charge is -2.13. The molecule has 6 nitrogen and oxygen atoms in total. The number of nitrogens with zero attached hydrogens (tertiary/aromatic N) is 2. The number of amides is 1. The van der Waals surface area contributed by atoms with Crippen molar-refractivity contribution in [2.45, 2.75) is 52.3 Å². The molecule has 0 aliphatic carbocycles. The van der Waals surface area contributed by atoms with E-state index in [4.69, 9.17) is 0 Å².